The van der Waals surface area contributed by atoms with Crippen molar-refractivity contribution >= 4 is 23.5 Å². The van der Waals surface area contributed by atoms with E-state index in [-0.39, 0.29) is 28.2 Å². The number of halogens is 2. The molecule has 3 rings (SSSR count). The van der Waals surface area contributed by atoms with Crippen LogP contribution in [-0.2, 0) is 4.79 Å². The molecule has 0 bridgehead atoms. The quantitative estimate of drug-likeness (QED) is 0.835. The summed E-state index contributed by atoms with van der Waals surface area (Å²) in [6.07, 6.45) is 0.403. The number of imidazole rings is 1. The fourth-order valence-electron chi connectivity index (χ4n) is 3.56. The Morgan fingerprint density at radius 1 is 1.42 bits per heavy atom. The molecule has 1 heterocycles. The number of benzene rings is 1. The van der Waals surface area contributed by atoms with Gasteiger partial charge in [0.15, 0.2) is 0 Å². The zero-order chi connectivity index (χ0) is 17.6. The second kappa shape index (κ2) is 5.88. The Morgan fingerprint density at radius 2 is 2.12 bits per heavy atom. The monoisotopic (exact) mass is 349 g/mol. The molecule has 0 unspecified atom stereocenters. The van der Waals surface area contributed by atoms with Crippen molar-refractivity contribution in [2.24, 2.45) is 5.41 Å². The number of carbonyl (C=O) groups is 1. The number of aromatic nitrogens is 2. The lowest BCUT2D eigenvalue weighted by Crippen LogP contribution is -2.10. The number of hydrogen-bond acceptors (Lipinski definition) is 2. The van der Waals surface area contributed by atoms with Crippen LogP contribution < -0.4 is 5.32 Å². The second-order valence-electron chi connectivity index (χ2n) is 6.94. The predicted octanol–water partition coefficient (Wildman–Crippen LogP) is 4.77. The maximum absolute atomic E-state index is 13.4. The molecule has 1 aromatic heterocycles. The normalized spacial score (nSPS) is 21.6. The van der Waals surface area contributed by atoms with Gasteiger partial charge in [-0.25, -0.2) is 9.37 Å². The summed E-state index contributed by atoms with van der Waals surface area (Å²) >= 11 is 5.94. The van der Waals surface area contributed by atoms with E-state index in [1.54, 1.807) is 19.1 Å². The number of rotatable bonds is 4. The van der Waals surface area contributed by atoms with Gasteiger partial charge >= 0.3 is 0 Å². The molecule has 6 heteroatoms. The van der Waals surface area contributed by atoms with E-state index in [9.17, 15) is 9.18 Å². The first-order valence-corrected chi connectivity index (χ1v) is 8.44. The highest BCUT2D eigenvalue weighted by Gasteiger charge is 2.60. The number of aromatic amines is 1. The third-order valence-corrected chi connectivity index (χ3v) is 5.23. The fraction of sp³-hybridized carbons (Fsp3) is 0.444. The third kappa shape index (κ3) is 2.81. The first kappa shape index (κ1) is 17.0. The number of aryl methyl sites for hydroxylation is 1. The molecule has 0 spiro atoms. The molecule has 1 aliphatic rings. The minimum Gasteiger partial charge on any atom is -0.327 e. The number of nitrogens with zero attached hydrogens (tertiary/aromatic N) is 1. The molecular formula is C18H21ClFN3O. The highest BCUT2D eigenvalue weighted by atomic mass is 35.5. The van der Waals surface area contributed by atoms with Crippen LogP contribution in [0.3, 0.4) is 0 Å². The van der Waals surface area contributed by atoms with Crippen LogP contribution in [-0.4, -0.2) is 15.9 Å². The highest BCUT2D eigenvalue weighted by molar-refractivity contribution is 6.30. The molecule has 24 heavy (non-hydrogen) atoms. The summed E-state index contributed by atoms with van der Waals surface area (Å²) in [5, 5.41) is 2.90. The summed E-state index contributed by atoms with van der Waals surface area (Å²) in [6, 6.07) is 4.91. The lowest BCUT2D eigenvalue weighted by Gasteiger charge is -2.03. The lowest BCUT2D eigenvalue weighted by atomic mass is 10.0. The molecule has 1 amide bonds. The smallest absolute Gasteiger partial charge is 0.226 e. The Bertz CT molecular complexity index is 800. The SMILES string of the molecule is CCC(=O)Nc1nc(C)c([C@@H]2[C@@H](c3ccc(F)c(Cl)c3)C2(C)C)[nH]1. The van der Waals surface area contributed by atoms with Crippen molar-refractivity contribution in [3.63, 3.8) is 0 Å². The summed E-state index contributed by atoms with van der Waals surface area (Å²) in [5.74, 6) is 0.446. The number of amides is 1. The van der Waals surface area contributed by atoms with Crippen molar-refractivity contribution in [1.29, 1.82) is 0 Å². The minimum atomic E-state index is -0.405. The van der Waals surface area contributed by atoms with E-state index in [2.05, 4.69) is 29.1 Å². The minimum absolute atomic E-state index is 0.00445. The summed E-state index contributed by atoms with van der Waals surface area (Å²) in [5.41, 5.74) is 2.90. The number of nitrogens with one attached hydrogen (secondary N) is 2. The summed E-state index contributed by atoms with van der Waals surface area (Å²) in [4.78, 5) is 19.2. The third-order valence-electron chi connectivity index (χ3n) is 4.94. The Balaban J connectivity index is 1.89. The van der Waals surface area contributed by atoms with E-state index in [1.165, 1.54) is 6.07 Å². The van der Waals surface area contributed by atoms with Crippen molar-refractivity contribution in [2.75, 3.05) is 5.32 Å². The maximum Gasteiger partial charge on any atom is 0.226 e. The van der Waals surface area contributed by atoms with Crippen LogP contribution in [0.15, 0.2) is 18.2 Å². The Labute approximate surface area is 145 Å². The standard InChI is InChI=1S/C18H21ClFN3O/c1-5-13(24)22-17-21-9(2)16(23-17)15-14(18(15,3)4)10-6-7-12(20)11(19)8-10/h6-8,14-15H,5H2,1-4H3,(H2,21,22,23,24)/t14-,15+/m1/s1. The predicted molar refractivity (Wildman–Crippen MR) is 92.9 cm³/mol. The van der Waals surface area contributed by atoms with E-state index in [4.69, 9.17) is 11.6 Å². The van der Waals surface area contributed by atoms with Gasteiger partial charge in [-0.3, -0.25) is 10.1 Å². The first-order chi connectivity index (χ1) is 11.3. The zero-order valence-electron chi connectivity index (χ0n) is 14.2. The van der Waals surface area contributed by atoms with E-state index >= 15 is 0 Å². The van der Waals surface area contributed by atoms with Crippen molar-refractivity contribution in [1.82, 2.24) is 9.97 Å². The van der Waals surface area contributed by atoms with E-state index in [1.807, 2.05) is 6.92 Å². The van der Waals surface area contributed by atoms with Gasteiger partial charge in [0.2, 0.25) is 11.9 Å². The molecule has 0 aliphatic heterocycles. The number of hydrogen-bond donors (Lipinski definition) is 2. The molecule has 128 valence electrons. The Morgan fingerprint density at radius 3 is 2.75 bits per heavy atom. The summed E-state index contributed by atoms with van der Waals surface area (Å²) in [6.45, 7) is 8.06. The topological polar surface area (TPSA) is 57.8 Å². The second-order valence-corrected chi connectivity index (χ2v) is 7.34. The van der Waals surface area contributed by atoms with Crippen LogP contribution >= 0.6 is 11.6 Å². The van der Waals surface area contributed by atoms with Gasteiger partial charge in [0.05, 0.1) is 10.7 Å². The van der Waals surface area contributed by atoms with E-state index < -0.39 is 5.82 Å². The largest absolute Gasteiger partial charge is 0.327 e. The van der Waals surface area contributed by atoms with Gasteiger partial charge in [0.25, 0.3) is 0 Å². The molecule has 1 aliphatic carbocycles. The van der Waals surface area contributed by atoms with Crippen LogP contribution in [0.5, 0.6) is 0 Å². The van der Waals surface area contributed by atoms with Gasteiger partial charge < -0.3 is 4.98 Å². The molecule has 1 aromatic carbocycles. The molecule has 2 atom stereocenters. The summed E-state index contributed by atoms with van der Waals surface area (Å²) < 4.78 is 13.4. The van der Waals surface area contributed by atoms with Gasteiger partial charge in [-0.05, 0) is 36.0 Å². The molecular weight excluding hydrogens is 329 g/mol. The number of carbonyl (C=O) groups excluding carboxylic acids is 1. The molecule has 2 N–H and O–H groups in total. The maximum atomic E-state index is 13.4. The molecule has 0 saturated heterocycles. The Kier molecular flexibility index (Phi) is 4.16. The number of H-pyrrole nitrogens is 1. The first-order valence-electron chi connectivity index (χ1n) is 8.07. The molecule has 1 saturated carbocycles. The average Bonchev–Trinajstić information content (AvgIpc) is 2.89. The van der Waals surface area contributed by atoms with Crippen molar-refractivity contribution < 1.29 is 9.18 Å². The highest BCUT2D eigenvalue weighted by Crippen LogP contribution is 2.70. The van der Waals surface area contributed by atoms with Gasteiger partial charge in [0.1, 0.15) is 5.82 Å². The summed E-state index contributed by atoms with van der Waals surface area (Å²) in [7, 11) is 0. The van der Waals surface area contributed by atoms with Crippen molar-refractivity contribution in [3.8, 4) is 0 Å². The van der Waals surface area contributed by atoms with E-state index in [0.717, 1.165) is 17.0 Å². The average molecular weight is 350 g/mol. The van der Waals surface area contributed by atoms with Crippen molar-refractivity contribution in [2.45, 2.75) is 46.0 Å². The number of anilines is 1. The van der Waals surface area contributed by atoms with Gasteiger partial charge in [-0.2, -0.15) is 0 Å². The van der Waals surface area contributed by atoms with Crippen LogP contribution in [0.1, 0.15) is 56.0 Å². The molecule has 1 fully saturated rings. The lowest BCUT2D eigenvalue weighted by molar-refractivity contribution is -0.115. The molecule has 2 aromatic rings. The van der Waals surface area contributed by atoms with E-state index in [0.29, 0.717) is 12.4 Å². The van der Waals surface area contributed by atoms with Crippen molar-refractivity contribution in [3.05, 3.63) is 46.0 Å². The zero-order valence-corrected chi connectivity index (χ0v) is 15.0. The van der Waals surface area contributed by atoms with Gasteiger partial charge in [0, 0.05) is 18.0 Å². The molecule has 0 radical (unpaired) electrons. The van der Waals surface area contributed by atoms with Gasteiger partial charge in [-0.1, -0.05) is 38.4 Å². The Hall–Kier alpha value is -1.88. The van der Waals surface area contributed by atoms with Crippen LogP contribution in [0.25, 0.3) is 0 Å². The van der Waals surface area contributed by atoms with Crippen LogP contribution in [0.2, 0.25) is 5.02 Å². The van der Waals surface area contributed by atoms with Crippen LogP contribution in [0, 0.1) is 18.2 Å². The van der Waals surface area contributed by atoms with Gasteiger partial charge in [-0.15, -0.1) is 0 Å². The van der Waals surface area contributed by atoms with Crippen LogP contribution in [0.4, 0.5) is 10.3 Å². The fourth-order valence-corrected chi connectivity index (χ4v) is 3.75. The molecule has 4 nitrogen and oxygen atoms in total.